The van der Waals surface area contributed by atoms with Gasteiger partial charge in [0.1, 0.15) is 5.82 Å². The van der Waals surface area contributed by atoms with Crippen LogP contribution in [0.1, 0.15) is 17.5 Å². The zero-order chi connectivity index (χ0) is 19.8. The van der Waals surface area contributed by atoms with Crippen LogP contribution in [0.25, 0.3) is 6.08 Å². The molecule has 3 aliphatic heterocycles. The molecule has 3 aliphatic rings. The maximum absolute atomic E-state index is 12.7. The summed E-state index contributed by atoms with van der Waals surface area (Å²) < 4.78 is 0. The number of pyridine rings is 2. The molecule has 2 atom stereocenters. The normalized spacial score (nSPS) is 23.2. The molecule has 7 nitrogen and oxygen atoms in total. The van der Waals surface area contributed by atoms with Gasteiger partial charge in [0.05, 0.1) is 11.9 Å². The highest BCUT2D eigenvalue weighted by Crippen LogP contribution is 2.33. The number of amides is 2. The van der Waals surface area contributed by atoms with Gasteiger partial charge in [-0.3, -0.25) is 14.6 Å². The smallest absolute Gasteiger partial charge is 0.246 e. The Morgan fingerprint density at radius 2 is 1.97 bits per heavy atom. The number of nitrogens with one attached hydrogen (secondary N) is 1. The Hall–Kier alpha value is -3.22. The van der Waals surface area contributed by atoms with Crippen LogP contribution in [0.4, 0.5) is 11.5 Å². The molecule has 2 amide bonds. The molecule has 0 bridgehead atoms. The van der Waals surface area contributed by atoms with E-state index in [-0.39, 0.29) is 11.8 Å². The maximum atomic E-state index is 12.7. The molecule has 7 heteroatoms. The molecule has 0 unspecified atom stereocenters. The van der Waals surface area contributed by atoms with Gasteiger partial charge in [-0.2, -0.15) is 0 Å². The first-order chi connectivity index (χ1) is 14.2. The largest absolute Gasteiger partial charge is 0.370 e. The molecular weight excluding hydrogens is 366 g/mol. The molecule has 0 saturated carbocycles. The molecule has 29 heavy (non-hydrogen) atoms. The minimum Gasteiger partial charge on any atom is -0.370 e. The minimum atomic E-state index is 0.00476. The van der Waals surface area contributed by atoms with E-state index in [2.05, 4.69) is 26.3 Å². The summed E-state index contributed by atoms with van der Waals surface area (Å²) in [6.07, 6.45) is 10.0. The molecular formula is C22H23N5O2. The number of hydrogen-bond donors (Lipinski definition) is 1. The van der Waals surface area contributed by atoms with Crippen LogP contribution in [0.3, 0.4) is 0 Å². The van der Waals surface area contributed by atoms with E-state index in [0.717, 1.165) is 43.0 Å². The second kappa shape index (κ2) is 7.31. The van der Waals surface area contributed by atoms with Crippen molar-refractivity contribution in [3.63, 3.8) is 0 Å². The van der Waals surface area contributed by atoms with Gasteiger partial charge in [-0.05, 0) is 41.8 Å². The van der Waals surface area contributed by atoms with Crippen LogP contribution in [0.5, 0.6) is 0 Å². The van der Waals surface area contributed by atoms with E-state index >= 15 is 0 Å². The Morgan fingerprint density at radius 3 is 2.72 bits per heavy atom. The minimum absolute atomic E-state index is 0.00476. The fourth-order valence-corrected chi connectivity index (χ4v) is 4.56. The number of hydrogen-bond acceptors (Lipinski definition) is 5. The molecule has 2 aromatic heterocycles. The Bertz CT molecular complexity index is 960. The SMILES string of the molecule is O=C1CCc2cc(C=CC(=O)N3C[C@@H]4CN(c5cccnc5)C[C@@H]4C3)cnc2N1. The number of likely N-dealkylation sites (tertiary alicyclic amines) is 1. The van der Waals surface area contributed by atoms with Gasteiger partial charge in [-0.15, -0.1) is 0 Å². The van der Waals surface area contributed by atoms with Crippen LogP contribution in [0.2, 0.25) is 0 Å². The van der Waals surface area contributed by atoms with Crippen molar-refractivity contribution in [1.82, 2.24) is 14.9 Å². The Balaban J connectivity index is 1.19. The van der Waals surface area contributed by atoms with Crippen molar-refractivity contribution < 1.29 is 9.59 Å². The number of carbonyl (C=O) groups excluding carboxylic acids is 2. The standard InChI is InChI=1S/C22H23N5O2/c28-20-5-4-16-8-15(9-24-22(16)25-20)3-6-21(29)27-13-17-11-26(12-18(17)14-27)19-2-1-7-23-10-19/h1-3,6-10,17-18H,4-5,11-14H2,(H,24,25,28)/t17-,18+. The van der Waals surface area contributed by atoms with Gasteiger partial charge < -0.3 is 15.1 Å². The number of aromatic nitrogens is 2. The van der Waals surface area contributed by atoms with Crippen molar-refractivity contribution in [2.24, 2.45) is 11.8 Å². The van der Waals surface area contributed by atoms with E-state index in [4.69, 9.17) is 0 Å². The van der Waals surface area contributed by atoms with Crippen molar-refractivity contribution in [3.05, 3.63) is 54.0 Å². The quantitative estimate of drug-likeness (QED) is 0.812. The molecule has 1 N–H and O–H groups in total. The Labute approximate surface area is 169 Å². The highest BCUT2D eigenvalue weighted by atomic mass is 16.2. The number of fused-ring (bicyclic) bond motifs is 2. The predicted octanol–water partition coefficient (Wildman–Crippen LogP) is 1.97. The molecule has 148 valence electrons. The molecule has 0 radical (unpaired) electrons. The second-order valence-corrected chi connectivity index (χ2v) is 8.04. The molecule has 2 saturated heterocycles. The van der Waals surface area contributed by atoms with Crippen LogP contribution in [-0.2, 0) is 16.0 Å². The summed E-state index contributed by atoms with van der Waals surface area (Å²) in [7, 11) is 0. The Kier molecular flexibility index (Phi) is 4.50. The van der Waals surface area contributed by atoms with Crippen LogP contribution < -0.4 is 10.2 Å². The van der Waals surface area contributed by atoms with Crippen LogP contribution >= 0.6 is 0 Å². The van der Waals surface area contributed by atoms with E-state index < -0.39 is 0 Å². The number of rotatable bonds is 3. The summed E-state index contributed by atoms with van der Waals surface area (Å²) in [6.45, 7) is 3.56. The maximum Gasteiger partial charge on any atom is 0.246 e. The van der Waals surface area contributed by atoms with Crippen LogP contribution in [-0.4, -0.2) is 52.9 Å². The van der Waals surface area contributed by atoms with Gasteiger partial charge in [0.2, 0.25) is 11.8 Å². The zero-order valence-electron chi connectivity index (χ0n) is 16.1. The van der Waals surface area contributed by atoms with E-state index in [1.165, 1.54) is 0 Å². The van der Waals surface area contributed by atoms with Gasteiger partial charge in [0.15, 0.2) is 0 Å². The highest BCUT2D eigenvalue weighted by Gasteiger charge is 2.41. The molecule has 2 aromatic rings. The first-order valence-corrected chi connectivity index (χ1v) is 10.1. The first-order valence-electron chi connectivity index (χ1n) is 10.1. The average Bonchev–Trinajstić information content (AvgIpc) is 3.32. The van der Waals surface area contributed by atoms with E-state index in [1.54, 1.807) is 18.5 Å². The number of carbonyl (C=O) groups is 2. The molecule has 0 aliphatic carbocycles. The second-order valence-electron chi connectivity index (χ2n) is 8.04. The third-order valence-electron chi connectivity index (χ3n) is 6.09. The first kappa shape index (κ1) is 17.8. The van der Waals surface area contributed by atoms with E-state index in [1.807, 2.05) is 29.3 Å². The van der Waals surface area contributed by atoms with Gasteiger partial charge >= 0.3 is 0 Å². The van der Waals surface area contributed by atoms with Gasteiger partial charge in [0, 0.05) is 62.9 Å². The lowest BCUT2D eigenvalue weighted by molar-refractivity contribution is -0.125. The van der Waals surface area contributed by atoms with Crippen LogP contribution in [0.15, 0.2) is 42.9 Å². The monoisotopic (exact) mass is 389 g/mol. The van der Waals surface area contributed by atoms with Crippen molar-refractivity contribution in [2.45, 2.75) is 12.8 Å². The van der Waals surface area contributed by atoms with E-state index in [9.17, 15) is 9.59 Å². The molecule has 5 rings (SSSR count). The fourth-order valence-electron chi connectivity index (χ4n) is 4.56. The van der Waals surface area contributed by atoms with Crippen LogP contribution in [0, 0.1) is 11.8 Å². The topological polar surface area (TPSA) is 78.4 Å². The average molecular weight is 389 g/mol. The van der Waals surface area contributed by atoms with Crippen molar-refractivity contribution in [2.75, 3.05) is 36.4 Å². The summed E-state index contributed by atoms with van der Waals surface area (Å²) in [6, 6.07) is 6.06. The third-order valence-corrected chi connectivity index (χ3v) is 6.09. The van der Waals surface area contributed by atoms with E-state index in [0.29, 0.717) is 30.5 Å². The van der Waals surface area contributed by atoms with Crippen molar-refractivity contribution in [1.29, 1.82) is 0 Å². The number of anilines is 2. The molecule has 2 fully saturated rings. The Morgan fingerprint density at radius 1 is 1.14 bits per heavy atom. The lowest BCUT2D eigenvalue weighted by atomic mass is 10.0. The number of nitrogens with zero attached hydrogens (tertiary/aromatic N) is 4. The van der Waals surface area contributed by atoms with Gasteiger partial charge in [-0.1, -0.05) is 0 Å². The van der Waals surface area contributed by atoms with Gasteiger partial charge in [0.25, 0.3) is 0 Å². The lowest BCUT2D eigenvalue weighted by Crippen LogP contribution is -2.32. The van der Waals surface area contributed by atoms with Gasteiger partial charge in [-0.25, -0.2) is 4.98 Å². The molecule has 0 spiro atoms. The number of aryl methyl sites for hydroxylation is 1. The summed E-state index contributed by atoms with van der Waals surface area (Å²) in [4.78, 5) is 37.0. The zero-order valence-corrected chi connectivity index (χ0v) is 16.1. The summed E-state index contributed by atoms with van der Waals surface area (Å²) in [5, 5.41) is 2.78. The predicted molar refractivity (Wildman–Crippen MR) is 110 cm³/mol. The fraction of sp³-hybridized carbons (Fsp3) is 0.364. The highest BCUT2D eigenvalue weighted by molar-refractivity contribution is 5.94. The molecule has 5 heterocycles. The summed E-state index contributed by atoms with van der Waals surface area (Å²) in [5.41, 5.74) is 3.07. The third kappa shape index (κ3) is 3.60. The summed E-state index contributed by atoms with van der Waals surface area (Å²) >= 11 is 0. The lowest BCUT2D eigenvalue weighted by Gasteiger charge is -2.22. The van der Waals surface area contributed by atoms with Crippen molar-refractivity contribution in [3.8, 4) is 0 Å². The van der Waals surface area contributed by atoms with Crippen molar-refractivity contribution >= 4 is 29.4 Å². The summed E-state index contributed by atoms with van der Waals surface area (Å²) in [5.74, 6) is 1.72. The molecule has 0 aromatic carbocycles.